The summed E-state index contributed by atoms with van der Waals surface area (Å²) in [7, 11) is 0. The van der Waals surface area contributed by atoms with Crippen molar-refractivity contribution >= 4 is 44.8 Å². The van der Waals surface area contributed by atoms with E-state index in [-0.39, 0.29) is 6.79 Å². The Labute approximate surface area is 194 Å². The molecule has 0 aliphatic carbocycles. The van der Waals surface area contributed by atoms with Gasteiger partial charge in [-0.3, -0.25) is 4.98 Å². The Morgan fingerprint density at radius 2 is 1.81 bits per heavy atom. The first kappa shape index (κ1) is 20.5. The number of nitrogens with one attached hydrogen (secondary N) is 1. The van der Waals surface area contributed by atoms with Crippen molar-refractivity contribution in [3.05, 3.63) is 82.3 Å². The number of benzene rings is 2. The van der Waals surface area contributed by atoms with Gasteiger partial charge in [0.1, 0.15) is 5.82 Å². The van der Waals surface area contributed by atoms with Crippen LogP contribution in [0.4, 0.5) is 5.82 Å². The SMILES string of the molecule is Brc1ccc2nc(/C=C/c3ccc4c(c3)OCO4)nc(NCCCc3ccncc3)c2c1. The molecule has 1 N–H and O–H groups in total. The Morgan fingerprint density at radius 1 is 0.938 bits per heavy atom. The summed E-state index contributed by atoms with van der Waals surface area (Å²) in [6, 6.07) is 16.0. The molecule has 1 aliphatic heterocycles. The van der Waals surface area contributed by atoms with E-state index in [1.165, 1.54) is 5.56 Å². The average Bonchev–Trinajstić information content (AvgIpc) is 3.29. The molecule has 7 heteroatoms. The molecule has 0 spiro atoms. The molecule has 0 amide bonds. The molecule has 0 atom stereocenters. The lowest BCUT2D eigenvalue weighted by Gasteiger charge is -2.10. The number of pyridine rings is 1. The van der Waals surface area contributed by atoms with E-state index in [4.69, 9.17) is 19.4 Å². The molecule has 4 aromatic rings. The van der Waals surface area contributed by atoms with Crippen molar-refractivity contribution in [1.82, 2.24) is 15.0 Å². The van der Waals surface area contributed by atoms with Gasteiger partial charge in [0.15, 0.2) is 17.3 Å². The highest BCUT2D eigenvalue weighted by atomic mass is 79.9. The van der Waals surface area contributed by atoms with Gasteiger partial charge in [-0.05, 0) is 72.5 Å². The van der Waals surface area contributed by atoms with E-state index in [0.717, 1.165) is 57.6 Å². The van der Waals surface area contributed by atoms with Gasteiger partial charge in [0.05, 0.1) is 5.52 Å². The van der Waals surface area contributed by atoms with E-state index >= 15 is 0 Å². The normalized spacial score (nSPS) is 12.5. The van der Waals surface area contributed by atoms with Crippen molar-refractivity contribution in [1.29, 1.82) is 0 Å². The number of hydrogen-bond acceptors (Lipinski definition) is 6. The molecular formula is C25H21BrN4O2. The average molecular weight is 489 g/mol. The summed E-state index contributed by atoms with van der Waals surface area (Å²) in [6.07, 6.45) is 9.54. The maximum atomic E-state index is 5.46. The van der Waals surface area contributed by atoms with Gasteiger partial charge in [-0.2, -0.15) is 0 Å². The highest BCUT2D eigenvalue weighted by Crippen LogP contribution is 2.33. The van der Waals surface area contributed by atoms with Crippen LogP contribution in [0.3, 0.4) is 0 Å². The second-order valence-electron chi connectivity index (χ2n) is 7.42. The zero-order chi connectivity index (χ0) is 21.8. The molecule has 5 rings (SSSR count). The number of anilines is 1. The quantitative estimate of drug-likeness (QED) is 0.335. The van der Waals surface area contributed by atoms with E-state index < -0.39 is 0 Å². The Bertz CT molecular complexity index is 1280. The molecule has 0 bridgehead atoms. The van der Waals surface area contributed by atoms with Crippen LogP contribution in [0.15, 0.2) is 65.4 Å². The number of aromatic nitrogens is 3. The van der Waals surface area contributed by atoms with Crippen LogP contribution in [0.1, 0.15) is 23.4 Å². The molecule has 0 saturated heterocycles. The monoisotopic (exact) mass is 488 g/mol. The van der Waals surface area contributed by atoms with Crippen LogP contribution in [0.25, 0.3) is 23.1 Å². The van der Waals surface area contributed by atoms with Crippen LogP contribution in [0.5, 0.6) is 11.5 Å². The first-order chi connectivity index (χ1) is 15.7. The Morgan fingerprint density at radius 3 is 2.72 bits per heavy atom. The third-order valence-corrected chi connectivity index (χ3v) is 5.67. The molecule has 3 heterocycles. The van der Waals surface area contributed by atoms with E-state index in [1.54, 1.807) is 0 Å². The van der Waals surface area contributed by atoms with Gasteiger partial charge in [-0.1, -0.05) is 28.1 Å². The topological polar surface area (TPSA) is 69.2 Å². The first-order valence-corrected chi connectivity index (χ1v) is 11.2. The fourth-order valence-corrected chi connectivity index (χ4v) is 3.93. The highest BCUT2D eigenvalue weighted by molar-refractivity contribution is 9.10. The third-order valence-electron chi connectivity index (χ3n) is 5.18. The largest absolute Gasteiger partial charge is 0.454 e. The van der Waals surface area contributed by atoms with Crippen molar-refractivity contribution in [3.8, 4) is 11.5 Å². The molecule has 2 aromatic carbocycles. The van der Waals surface area contributed by atoms with Crippen molar-refractivity contribution in [2.45, 2.75) is 12.8 Å². The molecule has 0 unspecified atom stereocenters. The maximum absolute atomic E-state index is 5.46. The Kier molecular flexibility index (Phi) is 5.98. The highest BCUT2D eigenvalue weighted by Gasteiger charge is 2.12. The maximum Gasteiger partial charge on any atom is 0.231 e. The zero-order valence-electron chi connectivity index (χ0n) is 17.3. The van der Waals surface area contributed by atoms with Gasteiger partial charge in [0.2, 0.25) is 6.79 Å². The molecule has 1 aliphatic rings. The predicted molar refractivity (Wildman–Crippen MR) is 130 cm³/mol. The molecule has 160 valence electrons. The third kappa shape index (κ3) is 4.73. The van der Waals surface area contributed by atoms with Crippen LogP contribution in [0.2, 0.25) is 0 Å². The summed E-state index contributed by atoms with van der Waals surface area (Å²) in [5.41, 5.74) is 3.18. The molecule has 0 radical (unpaired) electrons. The fraction of sp³-hybridized carbons (Fsp3) is 0.160. The summed E-state index contributed by atoms with van der Waals surface area (Å²) in [5, 5.41) is 4.49. The van der Waals surface area contributed by atoms with Crippen LogP contribution in [-0.4, -0.2) is 28.3 Å². The Balaban J connectivity index is 1.35. The van der Waals surface area contributed by atoms with Gasteiger partial charge in [-0.25, -0.2) is 9.97 Å². The summed E-state index contributed by atoms with van der Waals surface area (Å²) >= 11 is 3.56. The van der Waals surface area contributed by atoms with Crippen LogP contribution in [-0.2, 0) is 6.42 Å². The van der Waals surface area contributed by atoms with E-state index in [0.29, 0.717) is 5.82 Å². The molecule has 0 fully saturated rings. The van der Waals surface area contributed by atoms with Gasteiger partial charge in [-0.15, -0.1) is 0 Å². The van der Waals surface area contributed by atoms with Gasteiger partial charge in [0.25, 0.3) is 0 Å². The number of hydrogen-bond donors (Lipinski definition) is 1. The van der Waals surface area contributed by atoms with Gasteiger partial charge in [0, 0.05) is 28.8 Å². The number of fused-ring (bicyclic) bond motifs is 2. The lowest BCUT2D eigenvalue weighted by Crippen LogP contribution is -2.07. The predicted octanol–water partition coefficient (Wildman–Crippen LogP) is 5.73. The number of rotatable bonds is 7. The fourth-order valence-electron chi connectivity index (χ4n) is 3.56. The molecule has 6 nitrogen and oxygen atoms in total. The minimum Gasteiger partial charge on any atom is -0.454 e. The van der Waals surface area contributed by atoms with E-state index in [2.05, 4.69) is 38.4 Å². The minimum atomic E-state index is 0.266. The van der Waals surface area contributed by atoms with Crippen LogP contribution < -0.4 is 14.8 Å². The van der Waals surface area contributed by atoms with E-state index in [1.807, 2.05) is 60.9 Å². The second kappa shape index (κ2) is 9.36. The smallest absolute Gasteiger partial charge is 0.231 e. The van der Waals surface area contributed by atoms with Crippen molar-refractivity contribution < 1.29 is 9.47 Å². The van der Waals surface area contributed by atoms with Gasteiger partial charge >= 0.3 is 0 Å². The molecule has 32 heavy (non-hydrogen) atoms. The number of nitrogens with zero attached hydrogens (tertiary/aromatic N) is 3. The summed E-state index contributed by atoms with van der Waals surface area (Å²) in [6.45, 7) is 1.08. The van der Waals surface area contributed by atoms with Crippen molar-refractivity contribution in [3.63, 3.8) is 0 Å². The lowest BCUT2D eigenvalue weighted by atomic mass is 10.1. The van der Waals surface area contributed by atoms with Crippen LogP contribution >= 0.6 is 15.9 Å². The standard InChI is InChI=1S/C25H21BrN4O2/c26-19-5-6-21-20(15-19)25(28-11-1-2-17-9-12-27-13-10-17)30-24(29-21)8-4-18-3-7-22-23(14-18)32-16-31-22/h3-10,12-15H,1-2,11,16H2,(H,28,29,30)/b8-4+. The molecule has 0 saturated carbocycles. The summed E-state index contributed by atoms with van der Waals surface area (Å²) in [5.74, 6) is 3.01. The molecular weight excluding hydrogens is 468 g/mol. The lowest BCUT2D eigenvalue weighted by molar-refractivity contribution is 0.174. The van der Waals surface area contributed by atoms with Gasteiger partial charge < -0.3 is 14.8 Å². The van der Waals surface area contributed by atoms with Crippen LogP contribution in [0, 0.1) is 0 Å². The summed E-state index contributed by atoms with van der Waals surface area (Å²) in [4.78, 5) is 13.6. The minimum absolute atomic E-state index is 0.266. The zero-order valence-corrected chi connectivity index (χ0v) is 18.9. The number of halogens is 1. The van der Waals surface area contributed by atoms with Crippen molar-refractivity contribution in [2.24, 2.45) is 0 Å². The number of aryl methyl sites for hydroxylation is 1. The molecule has 2 aromatic heterocycles. The summed E-state index contributed by atoms with van der Waals surface area (Å²) < 4.78 is 11.8. The number of ether oxygens (including phenoxy) is 2. The Hall–Kier alpha value is -3.45. The van der Waals surface area contributed by atoms with E-state index in [9.17, 15) is 0 Å². The second-order valence-corrected chi connectivity index (χ2v) is 8.34. The van der Waals surface area contributed by atoms with Crippen molar-refractivity contribution in [2.75, 3.05) is 18.7 Å². The first-order valence-electron chi connectivity index (χ1n) is 10.4.